The predicted octanol–water partition coefficient (Wildman–Crippen LogP) is 3.69. The van der Waals surface area contributed by atoms with Crippen LogP contribution in [0.15, 0.2) is 52.7 Å². The van der Waals surface area contributed by atoms with Crippen molar-refractivity contribution < 1.29 is 27.4 Å². The van der Waals surface area contributed by atoms with Crippen LogP contribution in [0.1, 0.15) is 24.1 Å². The van der Waals surface area contributed by atoms with E-state index in [4.69, 9.17) is 14.2 Å². The van der Waals surface area contributed by atoms with E-state index < -0.39 is 16.0 Å². The molecular weight excluding hydrogens is 464 g/mol. The fourth-order valence-electron chi connectivity index (χ4n) is 3.14. The number of esters is 1. The molecule has 0 unspecified atom stereocenters. The van der Waals surface area contributed by atoms with E-state index in [0.717, 1.165) is 10.6 Å². The highest BCUT2D eigenvalue weighted by molar-refractivity contribution is 7.89. The zero-order valence-electron chi connectivity index (χ0n) is 18.1. The Hall–Kier alpha value is -2.95. The number of nitrogens with one attached hydrogen (secondary N) is 1. The van der Waals surface area contributed by atoms with Gasteiger partial charge < -0.3 is 14.2 Å². The van der Waals surface area contributed by atoms with Crippen LogP contribution >= 0.6 is 11.3 Å². The Balaban J connectivity index is 1.20. The van der Waals surface area contributed by atoms with E-state index in [2.05, 4.69) is 9.71 Å². The number of nitrogens with zero attached hydrogens (tertiary/aromatic N) is 1. The molecule has 0 radical (unpaired) electrons. The predicted molar refractivity (Wildman–Crippen MR) is 124 cm³/mol. The number of hydrogen-bond acceptors (Lipinski definition) is 8. The Labute approximate surface area is 196 Å². The summed E-state index contributed by atoms with van der Waals surface area (Å²) in [6.07, 6.45) is 0.410. The summed E-state index contributed by atoms with van der Waals surface area (Å²) in [6.45, 7) is 3.04. The molecule has 1 N–H and O–H groups in total. The molecule has 1 aromatic heterocycles. The third-order valence-electron chi connectivity index (χ3n) is 4.91. The van der Waals surface area contributed by atoms with E-state index in [1.54, 1.807) is 6.07 Å². The molecule has 10 heteroatoms. The lowest BCUT2D eigenvalue weighted by molar-refractivity contribution is -0.145. The summed E-state index contributed by atoms with van der Waals surface area (Å²) >= 11 is 1.49. The van der Waals surface area contributed by atoms with Crippen LogP contribution in [0.3, 0.4) is 0 Å². The van der Waals surface area contributed by atoms with Crippen molar-refractivity contribution in [2.45, 2.75) is 31.3 Å². The maximum Gasteiger partial charge on any atom is 0.306 e. The fraction of sp³-hybridized carbons (Fsp3) is 0.304. The number of fused-ring (bicyclic) bond motifs is 1. The lowest BCUT2D eigenvalue weighted by Crippen LogP contribution is -2.25. The van der Waals surface area contributed by atoms with Gasteiger partial charge in [-0.05, 0) is 25.5 Å². The third kappa shape index (κ3) is 6.10. The quantitative estimate of drug-likeness (QED) is 0.362. The normalized spacial score (nSPS) is 13.0. The van der Waals surface area contributed by atoms with Crippen LogP contribution in [0, 0.1) is 6.92 Å². The van der Waals surface area contributed by atoms with E-state index in [0.29, 0.717) is 36.8 Å². The first-order valence-corrected chi connectivity index (χ1v) is 12.8. The van der Waals surface area contributed by atoms with Gasteiger partial charge in [0.25, 0.3) is 0 Å². The summed E-state index contributed by atoms with van der Waals surface area (Å²) in [5.74, 6) is 0.521. The van der Waals surface area contributed by atoms with E-state index >= 15 is 0 Å². The fourth-order valence-corrected chi connectivity index (χ4v) is 5.04. The zero-order valence-corrected chi connectivity index (χ0v) is 19.7. The summed E-state index contributed by atoms with van der Waals surface area (Å²) < 4.78 is 43.6. The number of aromatic nitrogens is 1. The van der Waals surface area contributed by atoms with Gasteiger partial charge in [-0.3, -0.25) is 4.79 Å². The summed E-state index contributed by atoms with van der Waals surface area (Å²) in [7, 11) is -3.72. The first kappa shape index (κ1) is 23.2. The number of hydrogen-bond donors (Lipinski definition) is 1. The number of sulfonamides is 1. The standard InChI is InChI=1S/C23H24N2O6S2/c1-16-4-6-17(7-5-16)23-25-18(15-32-23)14-31-22(26)3-2-10-24-33(27,28)19-8-9-20-21(13-19)30-12-11-29-20/h4-9,13,15,24H,2-3,10-12,14H2,1H3. The lowest BCUT2D eigenvalue weighted by atomic mass is 10.2. The second-order valence-electron chi connectivity index (χ2n) is 7.48. The van der Waals surface area contributed by atoms with Crippen molar-refractivity contribution in [1.29, 1.82) is 0 Å². The average molecular weight is 489 g/mol. The Morgan fingerprint density at radius 2 is 1.88 bits per heavy atom. The molecule has 0 amide bonds. The van der Waals surface area contributed by atoms with Crippen molar-refractivity contribution in [2.24, 2.45) is 0 Å². The molecule has 2 aromatic carbocycles. The molecule has 0 saturated heterocycles. The molecule has 33 heavy (non-hydrogen) atoms. The SMILES string of the molecule is Cc1ccc(-c2nc(COC(=O)CCCNS(=O)(=O)c3ccc4c(c3)OCCO4)cs2)cc1. The maximum absolute atomic E-state index is 12.5. The largest absolute Gasteiger partial charge is 0.486 e. The van der Waals surface area contributed by atoms with E-state index in [1.165, 1.54) is 29.0 Å². The van der Waals surface area contributed by atoms with Crippen molar-refractivity contribution in [1.82, 2.24) is 9.71 Å². The van der Waals surface area contributed by atoms with Crippen molar-refractivity contribution in [3.8, 4) is 22.1 Å². The van der Waals surface area contributed by atoms with Crippen molar-refractivity contribution in [2.75, 3.05) is 19.8 Å². The molecule has 0 fully saturated rings. The summed E-state index contributed by atoms with van der Waals surface area (Å²) in [5.41, 5.74) is 2.88. The van der Waals surface area contributed by atoms with Crippen LogP contribution < -0.4 is 14.2 Å². The Morgan fingerprint density at radius 1 is 1.12 bits per heavy atom. The van der Waals surface area contributed by atoms with Gasteiger partial charge in [-0.15, -0.1) is 11.3 Å². The van der Waals surface area contributed by atoms with Gasteiger partial charge in [0.15, 0.2) is 11.5 Å². The van der Waals surface area contributed by atoms with Gasteiger partial charge in [0.1, 0.15) is 24.8 Å². The Kier molecular flexibility index (Phi) is 7.26. The van der Waals surface area contributed by atoms with Gasteiger partial charge in [-0.25, -0.2) is 18.1 Å². The van der Waals surface area contributed by atoms with Crippen LogP contribution in [0.25, 0.3) is 10.6 Å². The second kappa shape index (κ2) is 10.3. The first-order valence-electron chi connectivity index (χ1n) is 10.5. The minimum Gasteiger partial charge on any atom is -0.486 e. The third-order valence-corrected chi connectivity index (χ3v) is 7.30. The van der Waals surface area contributed by atoms with Crippen LogP contribution in [-0.4, -0.2) is 39.1 Å². The average Bonchev–Trinajstić information content (AvgIpc) is 3.30. The van der Waals surface area contributed by atoms with Crippen LogP contribution in [0.4, 0.5) is 0 Å². The van der Waals surface area contributed by atoms with E-state index in [1.807, 2.05) is 36.6 Å². The van der Waals surface area contributed by atoms with Gasteiger partial charge in [0.05, 0.1) is 10.6 Å². The number of rotatable bonds is 9. The van der Waals surface area contributed by atoms with Crippen LogP contribution in [-0.2, 0) is 26.2 Å². The number of ether oxygens (including phenoxy) is 3. The van der Waals surface area contributed by atoms with Crippen molar-refractivity contribution in [3.63, 3.8) is 0 Å². The number of thiazole rings is 1. The van der Waals surface area contributed by atoms with Crippen molar-refractivity contribution >= 4 is 27.3 Å². The van der Waals surface area contributed by atoms with E-state index in [-0.39, 0.29) is 24.5 Å². The highest BCUT2D eigenvalue weighted by atomic mass is 32.2. The summed E-state index contributed by atoms with van der Waals surface area (Å²) in [4.78, 5) is 16.6. The van der Waals surface area contributed by atoms with Crippen LogP contribution in [0.5, 0.6) is 11.5 Å². The van der Waals surface area contributed by atoms with E-state index in [9.17, 15) is 13.2 Å². The van der Waals surface area contributed by atoms with Gasteiger partial charge in [-0.1, -0.05) is 29.8 Å². The molecule has 174 valence electrons. The monoisotopic (exact) mass is 488 g/mol. The second-order valence-corrected chi connectivity index (χ2v) is 10.1. The summed E-state index contributed by atoms with van der Waals surface area (Å²) in [6, 6.07) is 12.5. The number of benzene rings is 2. The lowest BCUT2D eigenvalue weighted by Gasteiger charge is -2.18. The molecule has 0 saturated carbocycles. The topological polar surface area (TPSA) is 104 Å². The molecule has 2 heterocycles. The smallest absolute Gasteiger partial charge is 0.306 e. The Morgan fingerprint density at radius 3 is 2.67 bits per heavy atom. The highest BCUT2D eigenvalue weighted by Crippen LogP contribution is 2.32. The van der Waals surface area contributed by atoms with Crippen molar-refractivity contribution in [3.05, 3.63) is 59.1 Å². The zero-order chi connectivity index (χ0) is 23.3. The number of carbonyl (C=O) groups is 1. The molecule has 1 aliphatic rings. The molecule has 8 nitrogen and oxygen atoms in total. The number of aryl methyl sites for hydroxylation is 1. The summed E-state index contributed by atoms with van der Waals surface area (Å²) in [5, 5.41) is 2.74. The van der Waals surface area contributed by atoms with Gasteiger partial charge in [-0.2, -0.15) is 0 Å². The first-order chi connectivity index (χ1) is 15.9. The number of carbonyl (C=O) groups excluding carboxylic acids is 1. The Bertz CT molecular complexity index is 1220. The van der Waals surface area contributed by atoms with Gasteiger partial charge in [0, 0.05) is 30.0 Å². The molecule has 4 rings (SSSR count). The molecular formula is C23H24N2O6S2. The molecule has 0 atom stereocenters. The maximum atomic E-state index is 12.5. The molecule has 0 spiro atoms. The van der Waals surface area contributed by atoms with Crippen LogP contribution in [0.2, 0.25) is 0 Å². The molecule has 3 aromatic rings. The highest BCUT2D eigenvalue weighted by Gasteiger charge is 2.19. The molecule has 0 aliphatic carbocycles. The molecule has 0 bridgehead atoms. The minimum atomic E-state index is -3.72. The molecule has 1 aliphatic heterocycles. The van der Waals surface area contributed by atoms with Gasteiger partial charge >= 0.3 is 5.97 Å². The minimum absolute atomic E-state index is 0.0854. The van der Waals surface area contributed by atoms with Gasteiger partial charge in [0.2, 0.25) is 10.0 Å².